The van der Waals surface area contributed by atoms with Gasteiger partial charge in [0.1, 0.15) is 12.4 Å². The normalized spacial score (nSPS) is 10.9. The average molecular weight is 404 g/mol. The molecule has 0 radical (unpaired) electrons. The fourth-order valence-corrected chi connectivity index (χ4v) is 2.95. The maximum absolute atomic E-state index is 8.73. The lowest BCUT2D eigenvalue weighted by Gasteiger charge is -2.14. The van der Waals surface area contributed by atoms with E-state index in [1.165, 1.54) is 0 Å². The Bertz CT molecular complexity index is 663. The largest absolute Gasteiger partial charge is 0.488 e. The van der Waals surface area contributed by atoms with Gasteiger partial charge < -0.3 is 20.5 Å². The predicted octanol–water partition coefficient (Wildman–Crippen LogP) is 3.90. The molecule has 0 heterocycles. The molecule has 0 amide bonds. The smallest absolute Gasteiger partial charge is 0.124 e. The molecule has 0 spiro atoms. The van der Waals surface area contributed by atoms with Gasteiger partial charge in [-0.25, -0.2) is 0 Å². The monoisotopic (exact) mass is 402 g/mol. The van der Waals surface area contributed by atoms with E-state index < -0.39 is 0 Å². The molecule has 0 aromatic heterocycles. The highest BCUT2D eigenvalue weighted by Gasteiger charge is 2.09. The number of aliphatic hydroxyl groups is 1. The summed E-state index contributed by atoms with van der Waals surface area (Å²) in [6, 6.07) is 10.9. The lowest BCUT2D eigenvalue weighted by atomic mass is 10.2. The molecule has 0 unspecified atom stereocenters. The van der Waals surface area contributed by atoms with Gasteiger partial charge in [0, 0.05) is 52.4 Å². The van der Waals surface area contributed by atoms with Gasteiger partial charge in [-0.05, 0) is 30.3 Å². The maximum atomic E-state index is 8.73. The lowest BCUT2D eigenvalue weighted by Crippen LogP contribution is -2.28. The molecule has 25 heavy (non-hydrogen) atoms. The summed E-state index contributed by atoms with van der Waals surface area (Å²) >= 11 is 18.5. The highest BCUT2D eigenvalue weighted by molar-refractivity contribution is 6.36. The molecule has 2 aromatic rings. The first-order chi connectivity index (χ1) is 12.1. The molecular weight excluding hydrogens is 383 g/mol. The first-order valence-corrected chi connectivity index (χ1v) is 9.11. The standard InChI is InChI=1S/C18H21Cl3N2O2/c19-14-4-5-18(13(10-14)11-23-7-6-22-8-9-24)25-12-15-16(20)2-1-3-17(15)21/h1-5,10,22-24H,6-9,11-12H2. The van der Waals surface area contributed by atoms with Crippen LogP contribution in [0.3, 0.4) is 0 Å². The Hall–Kier alpha value is -1.01. The Labute approximate surface area is 163 Å². The van der Waals surface area contributed by atoms with Crippen LogP contribution < -0.4 is 15.4 Å². The fraction of sp³-hybridized carbons (Fsp3) is 0.333. The van der Waals surface area contributed by atoms with Crippen LogP contribution in [0, 0.1) is 0 Å². The first-order valence-electron chi connectivity index (χ1n) is 7.98. The zero-order valence-electron chi connectivity index (χ0n) is 13.7. The summed E-state index contributed by atoms with van der Waals surface area (Å²) in [6.45, 7) is 3.16. The third kappa shape index (κ3) is 6.66. The molecule has 4 nitrogen and oxygen atoms in total. The summed E-state index contributed by atoms with van der Waals surface area (Å²) in [7, 11) is 0. The number of benzene rings is 2. The predicted molar refractivity (Wildman–Crippen MR) is 104 cm³/mol. The van der Waals surface area contributed by atoms with E-state index in [0.29, 0.717) is 28.2 Å². The Morgan fingerprint density at radius 3 is 2.36 bits per heavy atom. The van der Waals surface area contributed by atoms with E-state index in [-0.39, 0.29) is 13.2 Å². The summed E-state index contributed by atoms with van der Waals surface area (Å²) in [5.74, 6) is 0.733. The Morgan fingerprint density at radius 1 is 0.920 bits per heavy atom. The van der Waals surface area contributed by atoms with E-state index in [1.807, 2.05) is 12.1 Å². The average Bonchev–Trinajstić information content (AvgIpc) is 2.59. The Kier molecular flexibility index (Phi) is 8.82. The van der Waals surface area contributed by atoms with Crippen LogP contribution in [-0.4, -0.2) is 31.3 Å². The molecule has 2 aromatic carbocycles. The van der Waals surface area contributed by atoms with Crippen LogP contribution in [0.5, 0.6) is 5.75 Å². The van der Waals surface area contributed by atoms with Crippen LogP contribution in [0.25, 0.3) is 0 Å². The van der Waals surface area contributed by atoms with Crippen LogP contribution in [0.15, 0.2) is 36.4 Å². The van der Waals surface area contributed by atoms with E-state index in [4.69, 9.17) is 44.6 Å². The quantitative estimate of drug-likeness (QED) is 0.527. The molecule has 2 rings (SSSR count). The molecule has 3 N–H and O–H groups in total. The minimum absolute atomic E-state index is 0.136. The molecule has 136 valence electrons. The number of hydrogen-bond donors (Lipinski definition) is 3. The van der Waals surface area contributed by atoms with Gasteiger partial charge in [0.25, 0.3) is 0 Å². The van der Waals surface area contributed by atoms with Gasteiger partial charge >= 0.3 is 0 Å². The van der Waals surface area contributed by atoms with Crippen molar-refractivity contribution in [1.82, 2.24) is 10.6 Å². The number of rotatable bonds is 10. The zero-order chi connectivity index (χ0) is 18.1. The highest BCUT2D eigenvalue weighted by atomic mass is 35.5. The second-order valence-electron chi connectivity index (χ2n) is 5.39. The van der Waals surface area contributed by atoms with Gasteiger partial charge in [-0.2, -0.15) is 0 Å². The summed E-state index contributed by atoms with van der Waals surface area (Å²) in [5.41, 5.74) is 1.71. The van der Waals surface area contributed by atoms with Gasteiger partial charge in [0.15, 0.2) is 0 Å². The number of nitrogens with one attached hydrogen (secondary N) is 2. The van der Waals surface area contributed by atoms with Crippen LogP contribution in [0.4, 0.5) is 0 Å². The lowest BCUT2D eigenvalue weighted by molar-refractivity contribution is 0.292. The van der Waals surface area contributed by atoms with Gasteiger partial charge in [-0.15, -0.1) is 0 Å². The van der Waals surface area contributed by atoms with Crippen molar-refractivity contribution in [1.29, 1.82) is 0 Å². The summed E-state index contributed by atoms with van der Waals surface area (Å²) in [6.07, 6.45) is 0. The molecule has 0 fully saturated rings. The number of ether oxygens (including phenoxy) is 1. The summed E-state index contributed by atoms with van der Waals surface area (Å²) in [5, 5.41) is 17.0. The molecule has 0 aliphatic rings. The van der Waals surface area contributed by atoms with Crippen molar-refractivity contribution in [2.45, 2.75) is 13.2 Å². The van der Waals surface area contributed by atoms with Crippen molar-refractivity contribution in [2.75, 3.05) is 26.2 Å². The molecule has 0 saturated heterocycles. The van der Waals surface area contributed by atoms with E-state index in [2.05, 4.69) is 10.6 Å². The van der Waals surface area contributed by atoms with Gasteiger partial charge in [-0.3, -0.25) is 0 Å². The first kappa shape index (κ1) is 20.3. The topological polar surface area (TPSA) is 53.5 Å². The SMILES string of the molecule is OCCNCCNCc1cc(Cl)ccc1OCc1c(Cl)cccc1Cl. The van der Waals surface area contributed by atoms with E-state index in [0.717, 1.165) is 30.0 Å². The zero-order valence-corrected chi connectivity index (χ0v) is 16.0. The van der Waals surface area contributed by atoms with Gasteiger partial charge in [-0.1, -0.05) is 40.9 Å². The van der Waals surface area contributed by atoms with Gasteiger partial charge in [0.05, 0.1) is 6.61 Å². The molecule has 7 heteroatoms. The molecule has 0 aliphatic heterocycles. The van der Waals surface area contributed by atoms with Crippen molar-refractivity contribution in [2.24, 2.45) is 0 Å². The van der Waals surface area contributed by atoms with Gasteiger partial charge in [0.2, 0.25) is 0 Å². The Morgan fingerprint density at radius 2 is 1.64 bits per heavy atom. The molecular formula is C18H21Cl3N2O2. The van der Waals surface area contributed by atoms with Crippen molar-refractivity contribution in [3.63, 3.8) is 0 Å². The van der Waals surface area contributed by atoms with Crippen LogP contribution in [0.2, 0.25) is 15.1 Å². The minimum atomic E-state index is 0.136. The van der Waals surface area contributed by atoms with Crippen LogP contribution >= 0.6 is 34.8 Å². The highest BCUT2D eigenvalue weighted by Crippen LogP contribution is 2.28. The van der Waals surface area contributed by atoms with E-state index >= 15 is 0 Å². The molecule has 0 aliphatic carbocycles. The minimum Gasteiger partial charge on any atom is -0.488 e. The van der Waals surface area contributed by atoms with Crippen molar-refractivity contribution >= 4 is 34.8 Å². The van der Waals surface area contributed by atoms with Crippen LogP contribution in [0.1, 0.15) is 11.1 Å². The second-order valence-corrected chi connectivity index (χ2v) is 6.64. The molecule has 0 bridgehead atoms. The Balaban J connectivity index is 1.96. The van der Waals surface area contributed by atoms with E-state index in [1.54, 1.807) is 24.3 Å². The van der Waals surface area contributed by atoms with E-state index in [9.17, 15) is 0 Å². The third-order valence-corrected chi connectivity index (χ3v) is 4.48. The summed E-state index contributed by atoms with van der Waals surface area (Å²) < 4.78 is 5.92. The van der Waals surface area contributed by atoms with Crippen molar-refractivity contribution in [3.05, 3.63) is 62.6 Å². The maximum Gasteiger partial charge on any atom is 0.124 e. The number of aliphatic hydroxyl groups excluding tert-OH is 1. The van der Waals surface area contributed by atoms with Crippen molar-refractivity contribution < 1.29 is 9.84 Å². The molecule has 0 saturated carbocycles. The van der Waals surface area contributed by atoms with Crippen LogP contribution in [-0.2, 0) is 13.2 Å². The second kappa shape index (κ2) is 10.9. The number of hydrogen-bond acceptors (Lipinski definition) is 4. The fourth-order valence-electron chi connectivity index (χ4n) is 2.25. The third-order valence-electron chi connectivity index (χ3n) is 3.54. The summed E-state index contributed by atoms with van der Waals surface area (Å²) in [4.78, 5) is 0. The van der Waals surface area contributed by atoms with Crippen molar-refractivity contribution in [3.8, 4) is 5.75 Å². The molecule has 0 atom stereocenters. The number of halogens is 3.